The second-order valence-corrected chi connectivity index (χ2v) is 11.0. The average molecular weight is 616 g/mol. The van der Waals surface area contributed by atoms with E-state index >= 15 is 4.39 Å². The number of halogens is 2. The third-order valence-corrected chi connectivity index (χ3v) is 8.72. The molecule has 2 aromatic carbocycles. The van der Waals surface area contributed by atoms with Crippen LogP contribution < -0.4 is 15.2 Å². The first-order chi connectivity index (χ1) is 20.8. The first-order valence-corrected chi connectivity index (χ1v) is 14.3. The van der Waals surface area contributed by atoms with Crippen molar-refractivity contribution in [3.8, 4) is 5.75 Å². The van der Waals surface area contributed by atoms with E-state index in [0.29, 0.717) is 5.56 Å². The molecule has 0 N–H and O–H groups in total. The summed E-state index contributed by atoms with van der Waals surface area (Å²) in [6.07, 6.45) is -0.358. The van der Waals surface area contributed by atoms with Gasteiger partial charge in [0.05, 0.1) is 39.0 Å². The molecule has 4 heterocycles. The van der Waals surface area contributed by atoms with E-state index in [0.717, 1.165) is 23.6 Å². The number of methoxy groups -OCH3 is 2. The second-order valence-electron chi connectivity index (χ2n) is 9.94. The van der Waals surface area contributed by atoms with E-state index in [4.69, 9.17) is 18.9 Å². The average Bonchev–Trinajstić information content (AvgIpc) is 3.17. The van der Waals surface area contributed by atoms with Gasteiger partial charge in [0.2, 0.25) is 18.0 Å². The summed E-state index contributed by atoms with van der Waals surface area (Å²) in [6.45, 7) is -0.334. The zero-order valence-electron chi connectivity index (χ0n) is 23.2. The van der Waals surface area contributed by atoms with Gasteiger partial charge in [-0.1, -0.05) is 24.3 Å². The Kier molecular flexibility index (Phi) is 7.99. The summed E-state index contributed by atoms with van der Waals surface area (Å²) in [6, 6.07) is 10.0. The smallest absolute Gasteiger partial charge is 0.451 e. The molecule has 0 bridgehead atoms. The van der Waals surface area contributed by atoms with Crippen molar-refractivity contribution < 1.29 is 42.1 Å². The van der Waals surface area contributed by atoms with Crippen LogP contribution in [0.2, 0.25) is 0 Å². The second kappa shape index (κ2) is 11.9. The van der Waals surface area contributed by atoms with Crippen LogP contribution in [0.15, 0.2) is 58.4 Å². The van der Waals surface area contributed by atoms with Gasteiger partial charge in [0.25, 0.3) is 5.91 Å². The summed E-state index contributed by atoms with van der Waals surface area (Å²) in [5.74, 6) is -2.64. The maximum Gasteiger partial charge on any atom is 0.510 e. The minimum absolute atomic E-state index is 0.0734. The summed E-state index contributed by atoms with van der Waals surface area (Å²) in [5, 5.41) is 1.81. The number of pyridine rings is 1. The number of amides is 1. The molecule has 0 radical (unpaired) electrons. The molecule has 0 saturated carbocycles. The van der Waals surface area contributed by atoms with Gasteiger partial charge in [-0.05, 0) is 23.3 Å². The third-order valence-electron chi connectivity index (χ3n) is 7.60. The van der Waals surface area contributed by atoms with E-state index < -0.39 is 54.2 Å². The number of ether oxygens (including phenoxy) is 5. The quantitative estimate of drug-likeness (QED) is 0.303. The molecule has 1 aromatic heterocycles. The summed E-state index contributed by atoms with van der Waals surface area (Å²) < 4.78 is 57.7. The number of thioether (sulfide) groups is 1. The van der Waals surface area contributed by atoms with Gasteiger partial charge in [-0.2, -0.15) is 0 Å². The molecule has 1 fully saturated rings. The third kappa shape index (κ3) is 4.98. The summed E-state index contributed by atoms with van der Waals surface area (Å²) in [4.78, 5) is 41.3. The van der Waals surface area contributed by atoms with Crippen molar-refractivity contribution in [2.75, 3.05) is 45.8 Å². The Balaban J connectivity index is 1.60. The van der Waals surface area contributed by atoms with E-state index in [1.54, 1.807) is 11.0 Å². The van der Waals surface area contributed by atoms with Gasteiger partial charge in [-0.3, -0.25) is 19.3 Å². The molecule has 226 valence electrons. The van der Waals surface area contributed by atoms with Crippen LogP contribution in [-0.4, -0.2) is 74.7 Å². The Hall–Kier alpha value is -4.14. The van der Waals surface area contributed by atoms with E-state index in [-0.39, 0.29) is 42.6 Å². The predicted molar refractivity (Wildman–Crippen MR) is 149 cm³/mol. The fourth-order valence-corrected chi connectivity index (χ4v) is 6.90. The molecule has 1 saturated heterocycles. The fraction of sp³-hybridized carbons (Fsp3) is 0.345. The highest BCUT2D eigenvalue weighted by Crippen LogP contribution is 2.45. The highest BCUT2D eigenvalue weighted by atomic mass is 32.2. The number of morpholine rings is 1. The molecular weight excluding hydrogens is 588 g/mol. The number of rotatable bonds is 6. The fourth-order valence-electron chi connectivity index (χ4n) is 5.78. The topological polar surface area (TPSA) is 109 Å². The number of aromatic nitrogens is 1. The van der Waals surface area contributed by atoms with Crippen molar-refractivity contribution in [2.24, 2.45) is 0 Å². The molecule has 3 aliphatic rings. The minimum Gasteiger partial charge on any atom is -0.451 e. The number of carbonyl (C=O) groups is 2. The summed E-state index contributed by atoms with van der Waals surface area (Å²) in [5.41, 5.74) is 0.680. The highest BCUT2D eigenvalue weighted by Gasteiger charge is 2.49. The SMILES string of the molecule is COCC1COC[C@@H]2N1C(=O)c1c(OCOC(=O)OC)c(=O)ccn1N2[C@@H]1c2ccccc2SCc2c1ccc(F)c2F. The number of hydrogen-bond donors (Lipinski definition) is 0. The van der Waals surface area contributed by atoms with Gasteiger partial charge in [-0.15, -0.1) is 11.8 Å². The molecule has 11 nitrogen and oxygen atoms in total. The molecule has 0 spiro atoms. The lowest BCUT2D eigenvalue weighted by Gasteiger charge is -2.53. The number of benzene rings is 2. The van der Waals surface area contributed by atoms with Gasteiger partial charge in [-0.25, -0.2) is 13.6 Å². The maximum absolute atomic E-state index is 15.4. The Morgan fingerprint density at radius 2 is 1.88 bits per heavy atom. The molecule has 43 heavy (non-hydrogen) atoms. The molecular formula is C29H27F2N3O8S. The van der Waals surface area contributed by atoms with Crippen LogP contribution in [0.4, 0.5) is 13.6 Å². The van der Waals surface area contributed by atoms with Crippen LogP contribution in [0.3, 0.4) is 0 Å². The van der Waals surface area contributed by atoms with E-state index in [1.807, 2.05) is 29.3 Å². The monoisotopic (exact) mass is 615 g/mol. The molecule has 3 aromatic rings. The van der Waals surface area contributed by atoms with Crippen LogP contribution >= 0.6 is 11.8 Å². The Morgan fingerprint density at radius 3 is 2.67 bits per heavy atom. The van der Waals surface area contributed by atoms with Gasteiger partial charge in [0.15, 0.2) is 17.3 Å². The Bertz CT molecular complexity index is 1630. The summed E-state index contributed by atoms with van der Waals surface area (Å²) >= 11 is 1.37. The summed E-state index contributed by atoms with van der Waals surface area (Å²) in [7, 11) is 2.62. The first kappa shape index (κ1) is 29.0. The number of hydrogen-bond acceptors (Lipinski definition) is 10. The Labute approximate surface area is 248 Å². The lowest BCUT2D eigenvalue weighted by atomic mass is 9.93. The molecule has 14 heteroatoms. The molecule has 1 unspecified atom stereocenters. The zero-order chi connectivity index (χ0) is 30.2. The van der Waals surface area contributed by atoms with Crippen molar-refractivity contribution in [3.63, 3.8) is 0 Å². The molecule has 0 aliphatic carbocycles. The number of carbonyl (C=O) groups excluding carboxylic acids is 2. The van der Waals surface area contributed by atoms with Gasteiger partial charge < -0.3 is 28.6 Å². The molecule has 6 rings (SSSR count). The van der Waals surface area contributed by atoms with Crippen molar-refractivity contribution in [1.29, 1.82) is 0 Å². The molecule has 1 amide bonds. The van der Waals surface area contributed by atoms with Crippen LogP contribution in [0, 0.1) is 11.6 Å². The van der Waals surface area contributed by atoms with E-state index in [9.17, 15) is 18.8 Å². The van der Waals surface area contributed by atoms with E-state index in [1.165, 1.54) is 35.8 Å². The number of nitrogens with zero attached hydrogens (tertiary/aromatic N) is 3. The van der Waals surface area contributed by atoms with Crippen LogP contribution in [0.1, 0.15) is 33.2 Å². The van der Waals surface area contributed by atoms with Crippen molar-refractivity contribution in [3.05, 3.63) is 92.9 Å². The highest BCUT2D eigenvalue weighted by molar-refractivity contribution is 7.98. The van der Waals surface area contributed by atoms with Crippen LogP contribution in [0.25, 0.3) is 0 Å². The van der Waals surface area contributed by atoms with Crippen LogP contribution in [-0.2, 0) is 24.7 Å². The number of fused-ring (bicyclic) bond motifs is 4. The largest absolute Gasteiger partial charge is 0.510 e. The standard InChI is InChI=1S/C29H27F2N3O8S/c1-38-11-16-12-40-13-23-33(16)28(36)26-27(41-15-42-29(37)39-2)21(35)9-10-32(26)34(23)25-17-7-8-20(30)24(31)19(17)14-43-22-6-4-3-5-18(22)25/h3-10,16,23,25H,11-15H2,1-2H3/t16?,23-,25+/m1/s1. The first-order valence-electron chi connectivity index (χ1n) is 13.3. The Morgan fingerprint density at radius 1 is 1.07 bits per heavy atom. The van der Waals surface area contributed by atoms with Gasteiger partial charge in [0.1, 0.15) is 6.17 Å². The van der Waals surface area contributed by atoms with Crippen molar-refractivity contribution >= 4 is 23.8 Å². The van der Waals surface area contributed by atoms with Crippen LogP contribution in [0.5, 0.6) is 5.75 Å². The maximum atomic E-state index is 15.4. The minimum atomic E-state index is -1.04. The molecule has 3 aliphatic heterocycles. The predicted octanol–water partition coefficient (Wildman–Crippen LogP) is 3.41. The van der Waals surface area contributed by atoms with Gasteiger partial charge in [0, 0.05) is 35.6 Å². The van der Waals surface area contributed by atoms with Crippen molar-refractivity contribution in [2.45, 2.75) is 28.9 Å². The molecule has 3 atom stereocenters. The van der Waals surface area contributed by atoms with E-state index in [2.05, 4.69) is 4.74 Å². The zero-order valence-corrected chi connectivity index (χ0v) is 24.0. The normalized spacial score (nSPS) is 20.7. The van der Waals surface area contributed by atoms with Crippen molar-refractivity contribution in [1.82, 2.24) is 9.58 Å². The lowest BCUT2D eigenvalue weighted by molar-refractivity contribution is -0.0696. The van der Waals surface area contributed by atoms with Gasteiger partial charge >= 0.3 is 6.16 Å². The lowest BCUT2D eigenvalue weighted by Crippen LogP contribution is -2.69.